The van der Waals surface area contributed by atoms with Gasteiger partial charge in [0.2, 0.25) is 0 Å². The van der Waals surface area contributed by atoms with Crippen LogP contribution in [-0.2, 0) is 11.2 Å². The SMILES string of the molecule is O=C1CC(CCCCc2ccccc2)N2CCCC1C2. The lowest BCUT2D eigenvalue weighted by molar-refractivity contribution is -0.130. The normalized spacial score (nSPS) is 29.4. The summed E-state index contributed by atoms with van der Waals surface area (Å²) >= 11 is 0. The Bertz CT molecular complexity index is 442. The van der Waals surface area contributed by atoms with Crippen LogP contribution in [-0.4, -0.2) is 29.8 Å². The second-order valence-corrected chi connectivity index (χ2v) is 6.39. The second kappa shape index (κ2) is 6.53. The molecule has 0 aliphatic carbocycles. The zero-order valence-corrected chi connectivity index (χ0v) is 12.3. The lowest BCUT2D eigenvalue weighted by atomic mass is 9.83. The number of hydrogen-bond acceptors (Lipinski definition) is 2. The summed E-state index contributed by atoms with van der Waals surface area (Å²) < 4.78 is 0. The molecular weight excluding hydrogens is 246 g/mol. The molecule has 1 aromatic rings. The molecule has 2 nitrogen and oxygen atoms in total. The predicted octanol–water partition coefficient (Wildman–Crippen LogP) is 3.45. The topological polar surface area (TPSA) is 20.3 Å². The standard InChI is InChI=1S/C18H25NO/c20-18-13-17(19-12-6-10-16(18)14-19)11-5-4-9-15-7-2-1-3-8-15/h1-3,7-8,16-17H,4-6,9-14H2. The molecule has 20 heavy (non-hydrogen) atoms. The van der Waals surface area contributed by atoms with E-state index in [1.54, 1.807) is 0 Å². The zero-order valence-electron chi connectivity index (χ0n) is 12.3. The summed E-state index contributed by atoms with van der Waals surface area (Å²) in [6.45, 7) is 2.26. The molecule has 3 atom stereocenters. The Morgan fingerprint density at radius 3 is 2.85 bits per heavy atom. The second-order valence-electron chi connectivity index (χ2n) is 6.39. The highest BCUT2D eigenvalue weighted by Crippen LogP contribution is 2.29. The number of rotatable bonds is 5. The van der Waals surface area contributed by atoms with Gasteiger partial charge in [-0.3, -0.25) is 9.69 Å². The summed E-state index contributed by atoms with van der Waals surface area (Å²) in [4.78, 5) is 14.6. The fourth-order valence-electron chi connectivity index (χ4n) is 3.77. The molecule has 2 heterocycles. The monoisotopic (exact) mass is 271 g/mol. The van der Waals surface area contributed by atoms with E-state index in [0.717, 1.165) is 19.4 Å². The van der Waals surface area contributed by atoms with E-state index in [9.17, 15) is 4.79 Å². The van der Waals surface area contributed by atoms with Crippen LogP contribution < -0.4 is 0 Å². The van der Waals surface area contributed by atoms with Crippen molar-refractivity contribution in [1.82, 2.24) is 4.90 Å². The molecule has 2 fully saturated rings. The Morgan fingerprint density at radius 2 is 2.00 bits per heavy atom. The van der Waals surface area contributed by atoms with Crippen LogP contribution in [0.15, 0.2) is 30.3 Å². The van der Waals surface area contributed by atoms with Crippen molar-refractivity contribution in [3.8, 4) is 0 Å². The number of hydrogen-bond donors (Lipinski definition) is 0. The van der Waals surface area contributed by atoms with Gasteiger partial charge < -0.3 is 0 Å². The molecule has 2 heteroatoms. The van der Waals surface area contributed by atoms with Crippen LogP contribution in [0.2, 0.25) is 0 Å². The van der Waals surface area contributed by atoms with Gasteiger partial charge in [-0.25, -0.2) is 0 Å². The van der Waals surface area contributed by atoms with Crippen LogP contribution in [0, 0.1) is 5.92 Å². The molecular formula is C18H25NO. The van der Waals surface area contributed by atoms with E-state index in [1.165, 1.54) is 44.2 Å². The number of ketones is 1. The fourth-order valence-corrected chi connectivity index (χ4v) is 3.77. The van der Waals surface area contributed by atoms with Gasteiger partial charge in [-0.15, -0.1) is 0 Å². The summed E-state index contributed by atoms with van der Waals surface area (Å²) in [5.41, 5.74) is 1.44. The maximum absolute atomic E-state index is 12.0. The molecule has 108 valence electrons. The third-order valence-electron chi connectivity index (χ3n) is 4.96. The Balaban J connectivity index is 1.43. The summed E-state index contributed by atoms with van der Waals surface area (Å²) in [5.74, 6) is 0.901. The number of fused-ring (bicyclic) bond motifs is 2. The fraction of sp³-hybridized carbons (Fsp3) is 0.611. The van der Waals surface area contributed by atoms with Gasteiger partial charge in [-0.05, 0) is 44.2 Å². The molecule has 0 amide bonds. The molecule has 2 aliphatic rings. The Labute approximate surface area is 122 Å². The minimum atomic E-state index is 0.365. The summed E-state index contributed by atoms with van der Waals surface area (Å²) in [6.07, 6.45) is 8.03. The van der Waals surface area contributed by atoms with Gasteiger partial charge >= 0.3 is 0 Å². The van der Waals surface area contributed by atoms with E-state index < -0.39 is 0 Å². The number of piperidine rings is 2. The van der Waals surface area contributed by atoms with Crippen LogP contribution >= 0.6 is 0 Å². The van der Waals surface area contributed by atoms with Crippen LogP contribution in [0.1, 0.15) is 44.1 Å². The first-order valence-corrected chi connectivity index (χ1v) is 8.13. The van der Waals surface area contributed by atoms with E-state index >= 15 is 0 Å². The molecule has 3 rings (SSSR count). The number of benzene rings is 1. The smallest absolute Gasteiger partial charge is 0.138 e. The third-order valence-corrected chi connectivity index (χ3v) is 4.96. The van der Waals surface area contributed by atoms with Crippen molar-refractivity contribution in [2.24, 2.45) is 5.92 Å². The summed E-state index contributed by atoms with van der Waals surface area (Å²) in [6, 6.07) is 11.3. The molecule has 2 saturated heterocycles. The van der Waals surface area contributed by atoms with Gasteiger partial charge in [0.25, 0.3) is 0 Å². The largest absolute Gasteiger partial charge is 0.299 e. The Morgan fingerprint density at radius 1 is 1.15 bits per heavy atom. The van der Waals surface area contributed by atoms with Gasteiger partial charge in [0.15, 0.2) is 0 Å². The maximum atomic E-state index is 12.0. The van der Waals surface area contributed by atoms with E-state index in [0.29, 0.717) is 17.7 Å². The molecule has 1 aromatic carbocycles. The predicted molar refractivity (Wildman–Crippen MR) is 81.7 cm³/mol. The van der Waals surface area contributed by atoms with E-state index in [4.69, 9.17) is 0 Å². The highest BCUT2D eigenvalue weighted by Gasteiger charge is 2.35. The van der Waals surface area contributed by atoms with Crippen molar-refractivity contribution in [3.63, 3.8) is 0 Å². The number of carbonyl (C=O) groups is 1. The molecule has 3 unspecified atom stereocenters. The first kappa shape index (κ1) is 13.8. The first-order chi connectivity index (χ1) is 9.83. The van der Waals surface area contributed by atoms with Crippen LogP contribution in [0.25, 0.3) is 0 Å². The van der Waals surface area contributed by atoms with Crippen LogP contribution in [0.4, 0.5) is 0 Å². The maximum Gasteiger partial charge on any atom is 0.138 e. The van der Waals surface area contributed by atoms with Gasteiger partial charge in [0.1, 0.15) is 5.78 Å². The Hall–Kier alpha value is -1.15. The number of carbonyl (C=O) groups excluding carboxylic acids is 1. The molecule has 0 N–H and O–H groups in total. The minimum Gasteiger partial charge on any atom is -0.299 e. The van der Waals surface area contributed by atoms with Crippen LogP contribution in [0.5, 0.6) is 0 Å². The average Bonchev–Trinajstić information content (AvgIpc) is 2.50. The lowest BCUT2D eigenvalue weighted by Crippen LogP contribution is -2.50. The highest BCUT2D eigenvalue weighted by atomic mass is 16.1. The third kappa shape index (κ3) is 3.29. The minimum absolute atomic E-state index is 0.365. The number of unbranched alkanes of at least 4 members (excludes halogenated alkanes) is 1. The van der Waals surface area contributed by atoms with Gasteiger partial charge in [0.05, 0.1) is 0 Å². The first-order valence-electron chi connectivity index (χ1n) is 8.13. The molecule has 0 radical (unpaired) electrons. The van der Waals surface area contributed by atoms with E-state index in [-0.39, 0.29) is 0 Å². The number of nitrogens with zero attached hydrogens (tertiary/aromatic N) is 1. The van der Waals surface area contributed by atoms with Gasteiger partial charge in [-0.1, -0.05) is 36.8 Å². The van der Waals surface area contributed by atoms with Gasteiger partial charge in [-0.2, -0.15) is 0 Å². The van der Waals surface area contributed by atoms with Crippen molar-refractivity contribution in [2.75, 3.05) is 13.1 Å². The average molecular weight is 271 g/mol. The molecule has 0 aromatic heterocycles. The highest BCUT2D eigenvalue weighted by molar-refractivity contribution is 5.82. The lowest BCUT2D eigenvalue weighted by Gasteiger charge is -2.42. The van der Waals surface area contributed by atoms with Crippen molar-refractivity contribution >= 4 is 5.78 Å². The van der Waals surface area contributed by atoms with Crippen molar-refractivity contribution in [2.45, 2.75) is 51.0 Å². The summed E-state index contributed by atoms with van der Waals surface area (Å²) in [7, 11) is 0. The van der Waals surface area contributed by atoms with Crippen molar-refractivity contribution in [3.05, 3.63) is 35.9 Å². The quantitative estimate of drug-likeness (QED) is 0.764. The number of aryl methyl sites for hydroxylation is 1. The molecule has 0 saturated carbocycles. The molecule has 2 bridgehead atoms. The molecule has 2 aliphatic heterocycles. The number of Topliss-reactive ketones (excluding diaryl/α,β-unsaturated/α-hetero) is 1. The van der Waals surface area contributed by atoms with Gasteiger partial charge in [0, 0.05) is 24.9 Å². The van der Waals surface area contributed by atoms with Crippen molar-refractivity contribution < 1.29 is 4.79 Å². The van der Waals surface area contributed by atoms with E-state index in [2.05, 4.69) is 35.2 Å². The zero-order chi connectivity index (χ0) is 13.8. The van der Waals surface area contributed by atoms with Crippen LogP contribution in [0.3, 0.4) is 0 Å². The molecule has 0 spiro atoms. The summed E-state index contributed by atoms with van der Waals surface area (Å²) in [5, 5.41) is 0. The van der Waals surface area contributed by atoms with Crippen molar-refractivity contribution in [1.29, 1.82) is 0 Å². The van der Waals surface area contributed by atoms with E-state index in [1.807, 2.05) is 0 Å². The Kier molecular flexibility index (Phi) is 4.51.